The largest absolute Gasteiger partial charge is 2.00 e. The van der Waals surface area contributed by atoms with Crippen LogP contribution >= 0.6 is 15.8 Å². The van der Waals surface area contributed by atoms with Gasteiger partial charge in [-0.3, -0.25) is 0 Å². The molecule has 0 heterocycles. The van der Waals surface area contributed by atoms with Crippen molar-refractivity contribution in [1.29, 1.82) is 0 Å². The molecule has 1 nitrogen and oxygen atoms in total. The maximum absolute atomic E-state index is 2.73. The molecule has 6 aliphatic carbocycles. The molecule has 0 N–H and O–H groups in total. The van der Waals surface area contributed by atoms with Crippen LogP contribution in [0, 0.1) is 20.8 Å². The minimum Gasteiger partial charge on any atom is -0.358 e. The van der Waals surface area contributed by atoms with Crippen LogP contribution in [-0.2, 0) is 17.1 Å². The van der Waals surface area contributed by atoms with E-state index in [4.69, 9.17) is 0 Å². The van der Waals surface area contributed by atoms with Crippen LogP contribution in [0.3, 0.4) is 0 Å². The number of hydrogen-bond acceptors (Lipinski definition) is 1. The molecule has 7 rings (SSSR count). The van der Waals surface area contributed by atoms with Gasteiger partial charge in [0.2, 0.25) is 0 Å². The van der Waals surface area contributed by atoms with Crippen LogP contribution in [0.15, 0.2) is 24.3 Å². The second kappa shape index (κ2) is 24.9. The first kappa shape index (κ1) is 46.7. The number of benzene rings is 1. The van der Waals surface area contributed by atoms with Crippen LogP contribution in [0.4, 0.5) is 0 Å². The number of hydrogen-bond donors (Lipinski definition) is 0. The molecule has 0 aliphatic heterocycles. The van der Waals surface area contributed by atoms with E-state index in [9.17, 15) is 0 Å². The van der Waals surface area contributed by atoms with Crippen LogP contribution in [0.1, 0.15) is 199 Å². The Morgan fingerprint density at radius 2 is 0.880 bits per heavy atom. The van der Waals surface area contributed by atoms with E-state index in [0.717, 1.165) is 34.2 Å². The van der Waals surface area contributed by atoms with Crippen molar-refractivity contribution < 1.29 is 17.1 Å². The zero-order valence-electron chi connectivity index (χ0n) is 32.8. The van der Waals surface area contributed by atoms with Crippen LogP contribution < -0.4 is 5.30 Å². The summed E-state index contributed by atoms with van der Waals surface area (Å²) in [5, 5.41) is 1.88. The topological polar surface area (TPSA) is 3.24 Å². The van der Waals surface area contributed by atoms with Crippen LogP contribution in [0.25, 0.3) is 0 Å². The van der Waals surface area contributed by atoms with Crippen molar-refractivity contribution in [2.45, 2.75) is 222 Å². The van der Waals surface area contributed by atoms with Gasteiger partial charge in [-0.05, 0) is 123 Å². The predicted octanol–water partition coefficient (Wildman–Crippen LogP) is 14.9. The van der Waals surface area contributed by atoms with Gasteiger partial charge in [-0.25, -0.2) is 0 Å². The first-order valence-corrected chi connectivity index (χ1v) is 24.1. The quantitative estimate of drug-likeness (QED) is 0.137. The van der Waals surface area contributed by atoms with E-state index in [1.165, 1.54) is 148 Å². The van der Waals surface area contributed by atoms with Gasteiger partial charge < -0.3 is 19.8 Å². The fourth-order valence-corrected chi connectivity index (χ4v) is 20.3. The second-order valence-electron chi connectivity index (χ2n) is 16.9. The normalized spacial score (nSPS) is 26.3. The minimum atomic E-state index is -0.0597. The number of rotatable bonds is 9. The molecule has 1 aromatic rings. The fraction of sp³-hybridized carbons (Fsp3) is 0.826. The van der Waals surface area contributed by atoms with Gasteiger partial charge in [-0.1, -0.05) is 163 Å². The Bertz CT molecular complexity index is 944. The molecule has 0 bridgehead atoms. The molecule has 0 spiro atoms. The van der Waals surface area contributed by atoms with Crippen molar-refractivity contribution in [3.8, 4) is 0 Å². The summed E-state index contributed by atoms with van der Waals surface area (Å²) in [6, 6.07) is 10.8. The zero-order valence-corrected chi connectivity index (χ0v) is 35.7. The molecule has 6 fully saturated rings. The van der Waals surface area contributed by atoms with Gasteiger partial charge in [0, 0.05) is 6.04 Å². The first-order valence-electron chi connectivity index (χ1n) is 21.0. The standard InChI is InChI=1S/C38H63NP2.C5H10.CH4.2CH3.Fe/c1-39(2)38(35-27-17-29-37(35)41(32-22-11-5-12-23-32)33-24-13-6-14-25-33)34-26-15-16-28-36(34)40(30-18-7-3-8-19-30)31-20-9-4-10-21-31;1-2-4-5-3-1;;;;/h15-16,26,28,30-33,35,37-38H,3-14,17-25,27,29H2,1-2H3;1-5H2;1H4;2*1H3;/q;;;2*-1;+2/t35?,37?,38-;;;;;/m0...../s1. The van der Waals surface area contributed by atoms with E-state index >= 15 is 0 Å². The van der Waals surface area contributed by atoms with Gasteiger partial charge in [0.05, 0.1) is 0 Å². The second-order valence-corrected chi connectivity index (χ2v) is 22.7. The third kappa shape index (κ3) is 12.3. The Balaban J connectivity index is 0.000000888. The van der Waals surface area contributed by atoms with Gasteiger partial charge in [-0.2, -0.15) is 0 Å². The van der Waals surface area contributed by atoms with Crippen molar-refractivity contribution in [2.24, 2.45) is 5.92 Å². The van der Waals surface area contributed by atoms with Crippen LogP contribution in [-0.4, -0.2) is 47.3 Å². The average Bonchev–Trinajstić information content (AvgIpc) is 3.85. The summed E-state index contributed by atoms with van der Waals surface area (Å²) >= 11 is 0. The Morgan fingerprint density at radius 3 is 1.30 bits per heavy atom. The summed E-state index contributed by atoms with van der Waals surface area (Å²) in [5.74, 6) is 0.885. The van der Waals surface area contributed by atoms with E-state index in [0.29, 0.717) is 6.04 Å². The predicted molar refractivity (Wildman–Crippen MR) is 228 cm³/mol. The summed E-state index contributed by atoms with van der Waals surface area (Å²) < 4.78 is 0. The van der Waals surface area contributed by atoms with Crippen LogP contribution in [0.2, 0.25) is 0 Å². The molecule has 0 amide bonds. The monoisotopic (exact) mass is 768 g/mol. The number of nitrogens with zero attached hydrogens (tertiary/aromatic N) is 1. The molecule has 50 heavy (non-hydrogen) atoms. The molecule has 4 heteroatoms. The molecule has 0 aromatic heterocycles. The van der Waals surface area contributed by atoms with Crippen LogP contribution in [0.5, 0.6) is 0 Å². The molecule has 0 radical (unpaired) electrons. The summed E-state index contributed by atoms with van der Waals surface area (Å²) in [6.45, 7) is 0. The van der Waals surface area contributed by atoms with Gasteiger partial charge in [0.1, 0.15) is 0 Å². The fourth-order valence-electron chi connectivity index (χ4n) is 11.5. The molecule has 0 saturated heterocycles. The van der Waals surface area contributed by atoms with Crippen molar-refractivity contribution in [1.82, 2.24) is 4.90 Å². The molecule has 6 aliphatic rings. The van der Waals surface area contributed by atoms with E-state index in [-0.39, 0.29) is 55.2 Å². The van der Waals surface area contributed by atoms with Crippen molar-refractivity contribution in [3.05, 3.63) is 44.7 Å². The molecule has 290 valence electrons. The molecule has 2 unspecified atom stereocenters. The average molecular weight is 768 g/mol. The third-order valence-corrected chi connectivity index (χ3v) is 21.3. The van der Waals surface area contributed by atoms with E-state index in [1.54, 1.807) is 37.7 Å². The van der Waals surface area contributed by atoms with Gasteiger partial charge in [0.25, 0.3) is 0 Å². The Labute approximate surface area is 327 Å². The van der Waals surface area contributed by atoms with Crippen molar-refractivity contribution in [2.75, 3.05) is 14.1 Å². The van der Waals surface area contributed by atoms with E-state index in [1.807, 2.05) is 5.30 Å². The van der Waals surface area contributed by atoms with Gasteiger partial charge in [0.15, 0.2) is 0 Å². The van der Waals surface area contributed by atoms with E-state index < -0.39 is 0 Å². The molecule has 1 aromatic carbocycles. The molecular weight excluding hydrogens is 684 g/mol. The maximum Gasteiger partial charge on any atom is 2.00 e. The smallest absolute Gasteiger partial charge is 0.358 e. The summed E-state index contributed by atoms with van der Waals surface area (Å²) in [6.07, 6.45) is 42.5. The maximum atomic E-state index is 2.73. The SMILES string of the molecule is C.C1CCCC1.CN(C)[C@@H](c1ccccc1P(C1CCCCC1)C1CCCCC1)C1CCCC1P(C1CCCCC1)C1CCCCC1.[CH3-].[CH3-].[Fe+2]. The first-order chi connectivity index (χ1) is 22.7. The minimum absolute atomic E-state index is 0. The molecular formula is C46H83FeNP2. The molecule has 3 atom stereocenters. The van der Waals surface area contributed by atoms with Crippen molar-refractivity contribution >= 4 is 21.1 Å². The third-order valence-electron chi connectivity index (χ3n) is 13.6. The molecule has 6 saturated carbocycles. The zero-order chi connectivity index (χ0) is 31.6. The van der Waals surface area contributed by atoms with Gasteiger partial charge in [-0.15, -0.1) is 0 Å². The Kier molecular flexibility index (Phi) is 23.2. The Morgan fingerprint density at radius 1 is 0.500 bits per heavy atom. The van der Waals surface area contributed by atoms with E-state index in [2.05, 4.69) is 43.3 Å². The Hall–Kier alpha value is 0.559. The summed E-state index contributed by atoms with van der Waals surface area (Å²) in [7, 11) is 5.01. The summed E-state index contributed by atoms with van der Waals surface area (Å²) in [5.41, 5.74) is 6.99. The summed E-state index contributed by atoms with van der Waals surface area (Å²) in [4.78, 5) is 2.73. The van der Waals surface area contributed by atoms with Crippen molar-refractivity contribution in [3.63, 3.8) is 0 Å². The van der Waals surface area contributed by atoms with Gasteiger partial charge >= 0.3 is 17.1 Å².